The highest BCUT2D eigenvalue weighted by atomic mass is 79.9. The van der Waals surface area contributed by atoms with Gasteiger partial charge in [-0.25, -0.2) is 4.98 Å². The molecule has 3 heterocycles. The number of phenolic OH excluding ortho intramolecular Hbond substituents is 1. The van der Waals surface area contributed by atoms with Crippen LogP contribution < -0.4 is 5.32 Å². The summed E-state index contributed by atoms with van der Waals surface area (Å²) in [5.74, 6) is 1.37. The number of piperidine rings is 1. The Morgan fingerprint density at radius 1 is 1.10 bits per heavy atom. The first-order valence-electron chi connectivity index (χ1n) is 13.2. The average molecular weight is 615 g/mol. The van der Waals surface area contributed by atoms with Gasteiger partial charge in [0.2, 0.25) is 6.41 Å². The number of likely N-dealkylation sites (tertiary alicyclic amines) is 1. The maximum absolute atomic E-state index is 11.0. The molecule has 1 unspecified atom stereocenters. The van der Waals surface area contributed by atoms with Crippen molar-refractivity contribution in [2.75, 3.05) is 31.2 Å². The molecule has 1 aliphatic heterocycles. The van der Waals surface area contributed by atoms with Crippen molar-refractivity contribution >= 4 is 46.4 Å². The number of aromatic nitrogens is 3. The van der Waals surface area contributed by atoms with Crippen molar-refractivity contribution in [1.29, 1.82) is 0 Å². The maximum Gasteiger partial charge on any atom is 0.209 e. The highest BCUT2D eigenvalue weighted by Crippen LogP contribution is 2.31. The van der Waals surface area contributed by atoms with Gasteiger partial charge in [-0.05, 0) is 66.9 Å². The summed E-state index contributed by atoms with van der Waals surface area (Å²) in [6.07, 6.45) is 6.43. The number of nitrogens with zero attached hydrogens (tertiary/aromatic N) is 4. The van der Waals surface area contributed by atoms with Crippen LogP contribution in [-0.4, -0.2) is 56.9 Å². The van der Waals surface area contributed by atoms with Gasteiger partial charge in [0.15, 0.2) is 5.65 Å². The van der Waals surface area contributed by atoms with Crippen molar-refractivity contribution in [2.45, 2.75) is 40.5 Å². The second-order valence-corrected chi connectivity index (χ2v) is 9.77. The molecule has 7 nitrogen and oxygen atoms in total. The molecule has 2 N–H and O–H groups in total. The molecule has 1 aliphatic rings. The Kier molecular flexibility index (Phi) is 13.9. The lowest BCUT2D eigenvalue weighted by Gasteiger charge is -2.30. The number of aryl methyl sites for hydroxylation is 2. The van der Waals surface area contributed by atoms with Crippen molar-refractivity contribution in [1.82, 2.24) is 19.5 Å². The smallest absolute Gasteiger partial charge is 0.209 e. The molecule has 0 saturated carbocycles. The second kappa shape index (κ2) is 16.8. The number of halogens is 1. The summed E-state index contributed by atoms with van der Waals surface area (Å²) in [6.45, 7) is 10.5. The quantitative estimate of drug-likeness (QED) is 0.166. The number of rotatable bonds is 5. The lowest BCUT2D eigenvalue weighted by atomic mass is 9.98. The number of carbonyl (C=O) groups is 1. The largest absolute Gasteiger partial charge is 0.507 e. The Morgan fingerprint density at radius 2 is 1.79 bits per heavy atom. The van der Waals surface area contributed by atoms with Crippen molar-refractivity contribution in [2.24, 2.45) is 5.92 Å². The molecule has 1 fully saturated rings. The highest BCUT2D eigenvalue weighted by molar-refractivity contribution is 9.10. The molecule has 0 radical (unpaired) electrons. The van der Waals surface area contributed by atoms with Crippen molar-refractivity contribution in [3.63, 3.8) is 0 Å². The Labute approximate surface area is 246 Å². The number of anilines is 1. The van der Waals surface area contributed by atoms with Crippen LogP contribution >= 0.6 is 28.6 Å². The zero-order chi connectivity index (χ0) is 28.8. The number of aromatic hydroxyl groups is 1. The van der Waals surface area contributed by atoms with E-state index in [1.54, 1.807) is 29.1 Å². The molecule has 5 rings (SSSR count). The molecule has 210 valence electrons. The van der Waals surface area contributed by atoms with Gasteiger partial charge in [-0.2, -0.15) is 22.2 Å². The Morgan fingerprint density at radius 3 is 2.41 bits per heavy atom. The van der Waals surface area contributed by atoms with Gasteiger partial charge in [-0.15, -0.1) is 0 Å². The number of fused-ring (bicyclic) bond motifs is 1. The van der Waals surface area contributed by atoms with Gasteiger partial charge < -0.3 is 15.3 Å². The summed E-state index contributed by atoms with van der Waals surface area (Å²) in [6, 6.07) is 17.5. The van der Waals surface area contributed by atoms with Crippen LogP contribution in [0, 0.1) is 19.8 Å². The fourth-order valence-corrected chi connectivity index (χ4v) is 4.65. The molecule has 1 atom stereocenters. The maximum atomic E-state index is 11.0. The number of para-hydroxylation sites is 1. The minimum absolute atomic E-state index is 0.185. The van der Waals surface area contributed by atoms with Crippen molar-refractivity contribution in [3.05, 3.63) is 76.4 Å². The summed E-state index contributed by atoms with van der Waals surface area (Å²) in [4.78, 5) is 17.5. The summed E-state index contributed by atoms with van der Waals surface area (Å²) < 4.78 is 2.53. The summed E-state index contributed by atoms with van der Waals surface area (Å²) in [5.41, 5.74) is 4.69. The van der Waals surface area contributed by atoms with Crippen molar-refractivity contribution in [3.8, 4) is 17.0 Å². The Balaban J connectivity index is 0.000000375. The van der Waals surface area contributed by atoms with Crippen LogP contribution in [0.3, 0.4) is 0 Å². The van der Waals surface area contributed by atoms with Gasteiger partial charge in [-0.3, -0.25) is 4.79 Å². The zero-order valence-electron chi connectivity index (χ0n) is 23.4. The summed E-state index contributed by atoms with van der Waals surface area (Å²) in [7, 11) is 0. The van der Waals surface area contributed by atoms with E-state index in [9.17, 15) is 9.90 Å². The van der Waals surface area contributed by atoms with Gasteiger partial charge in [0.25, 0.3) is 0 Å². The molecule has 0 spiro atoms. The first kappa shape index (κ1) is 32.2. The van der Waals surface area contributed by atoms with Gasteiger partial charge >= 0.3 is 0 Å². The lowest BCUT2D eigenvalue weighted by Crippen LogP contribution is -2.37. The molecule has 2 aromatic carbocycles. The van der Waals surface area contributed by atoms with Gasteiger partial charge in [0.05, 0.1) is 16.4 Å². The molecular weight excluding hydrogens is 574 g/mol. The Bertz CT molecular complexity index is 1300. The van der Waals surface area contributed by atoms with E-state index in [-0.39, 0.29) is 5.75 Å². The number of hydrogen-bond donors (Lipinski definition) is 3. The van der Waals surface area contributed by atoms with E-state index < -0.39 is 0 Å². The molecule has 2 aromatic heterocycles. The van der Waals surface area contributed by atoms with E-state index in [0.717, 1.165) is 49.2 Å². The fraction of sp³-hybridized carbons (Fsp3) is 0.367. The van der Waals surface area contributed by atoms with E-state index in [4.69, 9.17) is 0 Å². The normalized spacial score (nSPS) is 14.1. The number of hydrogen-bond acceptors (Lipinski definition) is 6. The van der Waals surface area contributed by atoms with Crippen LogP contribution in [0.25, 0.3) is 16.9 Å². The number of amides is 1. The van der Waals surface area contributed by atoms with Crippen molar-refractivity contribution < 1.29 is 9.90 Å². The van der Waals surface area contributed by atoms with E-state index in [1.807, 2.05) is 36.9 Å². The third-order valence-corrected chi connectivity index (χ3v) is 6.61. The number of nitrogens with one attached hydrogen (secondary N) is 1. The fourth-order valence-electron chi connectivity index (χ4n) is 4.31. The molecule has 1 amide bonds. The summed E-state index contributed by atoms with van der Waals surface area (Å²) >= 11 is 7.02. The molecule has 0 aliphatic carbocycles. The number of thiol groups is 1. The number of carbonyl (C=O) groups excluding carboxylic acids is 1. The van der Waals surface area contributed by atoms with Crippen LogP contribution in [0.15, 0.2) is 65.3 Å². The van der Waals surface area contributed by atoms with Crippen LogP contribution in [0.2, 0.25) is 0 Å². The third-order valence-electron chi connectivity index (χ3n) is 6.05. The van der Waals surface area contributed by atoms with E-state index >= 15 is 0 Å². The minimum Gasteiger partial charge on any atom is -0.507 e. The molecule has 1 saturated heterocycles. The summed E-state index contributed by atoms with van der Waals surface area (Å²) in [5, 5.41) is 18.1. The average Bonchev–Trinajstić information content (AvgIpc) is 3.35. The highest BCUT2D eigenvalue weighted by Gasteiger charge is 2.20. The standard InChI is InChI=1S/C19H20BrN5O2.C8H10.C2H6.CH4S/c20-15-10-22-25-18(21-9-13-4-3-7-24(11-13)12-26)8-16(23-19(15)25)14-5-1-2-6-17(14)27;1-7-4-3-5-8(2)6-7;2*1-2/h1-2,5-6,8,10,12-13,21,27H,3-4,7,9,11H2;3-6H,1-2H3;1-2H3;2H,1H3. The molecule has 9 heteroatoms. The third kappa shape index (κ3) is 9.28. The second-order valence-electron chi connectivity index (χ2n) is 8.92. The van der Waals surface area contributed by atoms with E-state index in [0.29, 0.717) is 22.8 Å². The number of benzene rings is 2. The van der Waals surface area contributed by atoms with Gasteiger partial charge in [-0.1, -0.05) is 61.4 Å². The number of phenols is 1. The first-order chi connectivity index (χ1) is 18.9. The lowest BCUT2D eigenvalue weighted by molar-refractivity contribution is -0.119. The van der Waals surface area contributed by atoms with Crippen LogP contribution in [0.4, 0.5) is 5.82 Å². The predicted octanol–water partition coefficient (Wildman–Crippen LogP) is 7.02. The van der Waals surface area contributed by atoms with Crippen LogP contribution in [0.1, 0.15) is 37.8 Å². The molecular formula is C30H40BrN5O2S. The van der Waals surface area contributed by atoms with Gasteiger partial charge in [0, 0.05) is 31.3 Å². The van der Waals surface area contributed by atoms with Crippen LogP contribution in [0.5, 0.6) is 5.75 Å². The first-order valence-corrected chi connectivity index (χ1v) is 14.9. The van der Waals surface area contributed by atoms with E-state index in [2.05, 4.69) is 82.1 Å². The zero-order valence-corrected chi connectivity index (χ0v) is 25.9. The molecule has 39 heavy (non-hydrogen) atoms. The van der Waals surface area contributed by atoms with Crippen LogP contribution in [-0.2, 0) is 4.79 Å². The Hall–Kier alpha value is -3.04. The van der Waals surface area contributed by atoms with Gasteiger partial charge in [0.1, 0.15) is 11.6 Å². The SMILES string of the molecule is CC.CS.Cc1cccc(C)c1.O=CN1CCCC(CNc2cc(-c3ccccc3O)nc3c(Br)cnn23)C1. The van der Waals surface area contributed by atoms with E-state index in [1.165, 1.54) is 11.1 Å². The molecule has 0 bridgehead atoms. The molecule has 4 aromatic rings. The predicted molar refractivity (Wildman–Crippen MR) is 169 cm³/mol. The topological polar surface area (TPSA) is 82.8 Å². The monoisotopic (exact) mass is 613 g/mol. The minimum atomic E-state index is 0.185.